The zero-order valence-electron chi connectivity index (χ0n) is 17.1. The molecule has 1 atom stereocenters. The van der Waals surface area contributed by atoms with E-state index in [9.17, 15) is 9.59 Å². The summed E-state index contributed by atoms with van der Waals surface area (Å²) in [6.07, 6.45) is 4.70. The summed E-state index contributed by atoms with van der Waals surface area (Å²) in [7, 11) is 1.70. The summed E-state index contributed by atoms with van der Waals surface area (Å²) in [5.41, 5.74) is 2.79. The first kappa shape index (κ1) is 19.8. The maximum atomic E-state index is 12.9. The van der Waals surface area contributed by atoms with Gasteiger partial charge in [0.25, 0.3) is 5.56 Å². The maximum absolute atomic E-state index is 12.9. The second-order valence-corrected chi connectivity index (χ2v) is 7.52. The SMILES string of the molecule is Cc1ccccc1NC(=O)C1CCCN(c2nc(-c3ccncn3)cc(=O)n2C)C1. The molecule has 3 aromatic rings. The van der Waals surface area contributed by atoms with Gasteiger partial charge in [0.2, 0.25) is 11.9 Å². The highest BCUT2D eigenvalue weighted by Gasteiger charge is 2.28. The first-order valence-electron chi connectivity index (χ1n) is 9.99. The number of aryl methyl sites for hydroxylation is 1. The molecule has 1 N–H and O–H groups in total. The van der Waals surface area contributed by atoms with Crippen molar-refractivity contribution in [2.45, 2.75) is 19.8 Å². The number of carbonyl (C=O) groups excluding carboxylic acids is 1. The number of hydrogen-bond donors (Lipinski definition) is 1. The van der Waals surface area contributed by atoms with E-state index in [-0.39, 0.29) is 17.4 Å². The highest BCUT2D eigenvalue weighted by atomic mass is 16.2. The van der Waals surface area contributed by atoms with Crippen molar-refractivity contribution in [3.8, 4) is 11.4 Å². The van der Waals surface area contributed by atoms with E-state index in [0.29, 0.717) is 23.9 Å². The molecule has 0 aliphatic carbocycles. The van der Waals surface area contributed by atoms with E-state index in [4.69, 9.17) is 0 Å². The molecule has 1 amide bonds. The van der Waals surface area contributed by atoms with Gasteiger partial charge in [-0.05, 0) is 37.5 Å². The van der Waals surface area contributed by atoms with E-state index < -0.39 is 0 Å². The number of hydrogen-bond acceptors (Lipinski definition) is 6. The van der Waals surface area contributed by atoms with E-state index in [1.807, 2.05) is 36.1 Å². The van der Waals surface area contributed by atoms with Crippen LogP contribution in [0, 0.1) is 12.8 Å². The minimum Gasteiger partial charge on any atom is -0.341 e. The molecule has 1 aliphatic rings. The van der Waals surface area contributed by atoms with Crippen LogP contribution in [0.2, 0.25) is 0 Å². The molecule has 8 nitrogen and oxygen atoms in total. The normalized spacial score (nSPS) is 16.3. The summed E-state index contributed by atoms with van der Waals surface area (Å²) in [6.45, 7) is 3.22. The molecule has 1 unspecified atom stereocenters. The van der Waals surface area contributed by atoms with Crippen molar-refractivity contribution in [1.82, 2.24) is 19.5 Å². The molecule has 3 heterocycles. The Labute approximate surface area is 174 Å². The van der Waals surface area contributed by atoms with Gasteiger partial charge in [-0.3, -0.25) is 14.2 Å². The lowest BCUT2D eigenvalue weighted by molar-refractivity contribution is -0.120. The van der Waals surface area contributed by atoms with Crippen molar-refractivity contribution < 1.29 is 4.79 Å². The van der Waals surface area contributed by atoms with E-state index in [1.165, 1.54) is 17.0 Å². The first-order valence-corrected chi connectivity index (χ1v) is 9.99. The summed E-state index contributed by atoms with van der Waals surface area (Å²) in [6, 6.07) is 10.9. The molecule has 2 aromatic heterocycles. The monoisotopic (exact) mass is 404 g/mol. The summed E-state index contributed by atoms with van der Waals surface area (Å²) < 4.78 is 1.52. The summed E-state index contributed by atoms with van der Waals surface area (Å²) >= 11 is 0. The molecule has 1 aromatic carbocycles. The average Bonchev–Trinajstić information content (AvgIpc) is 2.78. The largest absolute Gasteiger partial charge is 0.341 e. The summed E-state index contributed by atoms with van der Waals surface area (Å²) in [5, 5.41) is 3.04. The first-order chi connectivity index (χ1) is 14.5. The van der Waals surface area contributed by atoms with Gasteiger partial charge in [-0.25, -0.2) is 15.0 Å². The smallest absolute Gasteiger partial charge is 0.255 e. The Morgan fingerprint density at radius 3 is 2.80 bits per heavy atom. The van der Waals surface area contributed by atoms with Crippen molar-refractivity contribution in [1.29, 1.82) is 0 Å². The van der Waals surface area contributed by atoms with E-state index in [1.54, 1.807) is 19.3 Å². The Morgan fingerprint density at radius 1 is 1.20 bits per heavy atom. The van der Waals surface area contributed by atoms with E-state index >= 15 is 0 Å². The van der Waals surface area contributed by atoms with E-state index in [2.05, 4.69) is 20.3 Å². The third-order valence-electron chi connectivity index (χ3n) is 5.43. The Morgan fingerprint density at radius 2 is 2.03 bits per heavy atom. The number of nitrogens with one attached hydrogen (secondary N) is 1. The lowest BCUT2D eigenvalue weighted by atomic mass is 9.97. The van der Waals surface area contributed by atoms with Crippen LogP contribution in [0.1, 0.15) is 18.4 Å². The standard InChI is InChI=1S/C22H24N6O2/c1-15-6-3-4-8-17(15)25-21(30)16-7-5-11-28(13-16)22-26-19(12-20(29)27(22)2)18-9-10-23-14-24-18/h3-4,6,8-10,12,14,16H,5,7,11,13H2,1-2H3,(H,25,30). The van der Waals surface area contributed by atoms with Gasteiger partial charge in [0.1, 0.15) is 6.33 Å². The maximum Gasteiger partial charge on any atom is 0.255 e. The van der Waals surface area contributed by atoms with Gasteiger partial charge in [-0.1, -0.05) is 18.2 Å². The minimum atomic E-state index is -0.182. The second kappa shape index (κ2) is 8.44. The molecular formula is C22H24N6O2. The van der Waals surface area contributed by atoms with E-state index in [0.717, 1.165) is 30.6 Å². The topological polar surface area (TPSA) is 93.0 Å². The quantitative estimate of drug-likeness (QED) is 0.718. The Bertz CT molecular complexity index is 1110. The van der Waals surface area contributed by atoms with Crippen LogP contribution in [0.25, 0.3) is 11.4 Å². The molecule has 1 saturated heterocycles. The Kier molecular flexibility index (Phi) is 5.56. The Balaban J connectivity index is 1.57. The van der Waals surface area contributed by atoms with Crippen LogP contribution in [0.5, 0.6) is 0 Å². The van der Waals surface area contributed by atoms with Crippen molar-refractivity contribution in [2.24, 2.45) is 13.0 Å². The number of aromatic nitrogens is 4. The fraction of sp³-hybridized carbons (Fsp3) is 0.318. The summed E-state index contributed by atoms with van der Waals surface area (Å²) in [5.74, 6) is 0.355. The molecule has 1 aliphatic heterocycles. The predicted octanol–water partition coefficient (Wildman–Crippen LogP) is 2.40. The summed E-state index contributed by atoms with van der Waals surface area (Å²) in [4.78, 5) is 40.3. The third kappa shape index (κ3) is 4.07. The van der Waals surface area contributed by atoms with Crippen LogP contribution in [0.4, 0.5) is 11.6 Å². The number of anilines is 2. The van der Waals surface area contributed by atoms with Crippen molar-refractivity contribution in [3.05, 3.63) is 64.8 Å². The number of rotatable bonds is 4. The van der Waals surface area contributed by atoms with Crippen LogP contribution in [-0.4, -0.2) is 38.5 Å². The fourth-order valence-electron chi connectivity index (χ4n) is 3.70. The number of para-hydroxylation sites is 1. The number of benzene rings is 1. The molecule has 30 heavy (non-hydrogen) atoms. The van der Waals surface area contributed by atoms with Gasteiger partial charge in [0, 0.05) is 38.1 Å². The Hall–Kier alpha value is -3.55. The molecule has 8 heteroatoms. The van der Waals surface area contributed by atoms with Crippen LogP contribution < -0.4 is 15.8 Å². The van der Waals surface area contributed by atoms with Gasteiger partial charge in [0.05, 0.1) is 17.3 Å². The highest BCUT2D eigenvalue weighted by Crippen LogP contribution is 2.24. The third-order valence-corrected chi connectivity index (χ3v) is 5.43. The molecule has 0 spiro atoms. The van der Waals surface area contributed by atoms with Gasteiger partial charge < -0.3 is 10.2 Å². The van der Waals surface area contributed by atoms with Crippen LogP contribution in [0.3, 0.4) is 0 Å². The number of piperidine rings is 1. The van der Waals surface area contributed by atoms with Gasteiger partial charge >= 0.3 is 0 Å². The van der Waals surface area contributed by atoms with Gasteiger partial charge in [0.15, 0.2) is 0 Å². The molecule has 0 saturated carbocycles. The predicted molar refractivity (Wildman–Crippen MR) is 115 cm³/mol. The number of amides is 1. The lowest BCUT2D eigenvalue weighted by Gasteiger charge is -2.33. The fourth-order valence-corrected chi connectivity index (χ4v) is 3.70. The molecule has 0 bridgehead atoms. The highest BCUT2D eigenvalue weighted by molar-refractivity contribution is 5.93. The second-order valence-electron chi connectivity index (χ2n) is 7.52. The lowest BCUT2D eigenvalue weighted by Crippen LogP contribution is -2.43. The van der Waals surface area contributed by atoms with Crippen LogP contribution in [0.15, 0.2) is 53.7 Å². The molecule has 1 fully saturated rings. The van der Waals surface area contributed by atoms with Crippen LogP contribution in [-0.2, 0) is 11.8 Å². The zero-order valence-corrected chi connectivity index (χ0v) is 17.1. The van der Waals surface area contributed by atoms with Gasteiger partial charge in [-0.15, -0.1) is 0 Å². The molecular weight excluding hydrogens is 380 g/mol. The minimum absolute atomic E-state index is 0.00837. The van der Waals surface area contributed by atoms with Crippen molar-refractivity contribution in [3.63, 3.8) is 0 Å². The number of nitrogens with zero attached hydrogens (tertiary/aromatic N) is 5. The zero-order chi connectivity index (χ0) is 21.1. The molecule has 4 rings (SSSR count). The number of carbonyl (C=O) groups is 1. The average molecular weight is 404 g/mol. The molecule has 0 radical (unpaired) electrons. The van der Waals surface area contributed by atoms with Crippen molar-refractivity contribution in [2.75, 3.05) is 23.3 Å². The molecule has 154 valence electrons. The van der Waals surface area contributed by atoms with Crippen molar-refractivity contribution >= 4 is 17.5 Å². The van der Waals surface area contributed by atoms with Gasteiger partial charge in [-0.2, -0.15) is 0 Å². The van der Waals surface area contributed by atoms with Crippen LogP contribution >= 0.6 is 0 Å².